The number of carbonyl (C=O) groups excluding carboxylic acids is 1. The Balaban J connectivity index is 0.986. The summed E-state index contributed by atoms with van der Waals surface area (Å²) in [5, 5.41) is 3.20. The molecule has 0 spiro atoms. The average molecular weight is 444 g/mol. The lowest BCUT2D eigenvalue weighted by Gasteiger charge is -2.40. The molecule has 0 radical (unpaired) electrons. The first-order chi connectivity index (χ1) is 16.2. The molecule has 0 saturated carbocycles. The SMILES string of the molecule is O=C1Nc2cccc3c2C1(CCCCN1CCC(N2CCc4ccccc4C2)CC1)CCC3. The Morgan fingerprint density at radius 1 is 0.909 bits per heavy atom. The Labute approximate surface area is 198 Å². The predicted molar refractivity (Wildman–Crippen MR) is 134 cm³/mol. The summed E-state index contributed by atoms with van der Waals surface area (Å²) < 4.78 is 0. The second kappa shape index (κ2) is 8.88. The second-order valence-electron chi connectivity index (χ2n) is 10.7. The minimum absolute atomic E-state index is 0.248. The number of piperidine rings is 1. The van der Waals surface area contributed by atoms with Crippen LogP contribution >= 0.6 is 0 Å². The number of hydrogen-bond acceptors (Lipinski definition) is 3. The Bertz CT molecular complexity index is 1030. The van der Waals surface area contributed by atoms with Crippen molar-refractivity contribution in [2.75, 3.05) is 31.5 Å². The number of amides is 1. The highest BCUT2D eigenvalue weighted by Crippen LogP contribution is 2.49. The van der Waals surface area contributed by atoms with Gasteiger partial charge in [0, 0.05) is 24.8 Å². The zero-order valence-electron chi connectivity index (χ0n) is 19.8. The summed E-state index contributed by atoms with van der Waals surface area (Å²) in [6.07, 6.45) is 10.4. The van der Waals surface area contributed by atoms with E-state index in [-0.39, 0.29) is 11.3 Å². The summed E-state index contributed by atoms with van der Waals surface area (Å²) in [4.78, 5) is 18.4. The molecule has 6 rings (SSSR count). The van der Waals surface area contributed by atoms with Gasteiger partial charge < -0.3 is 10.2 Å². The van der Waals surface area contributed by atoms with Crippen molar-refractivity contribution in [1.82, 2.24) is 9.80 Å². The summed E-state index contributed by atoms with van der Waals surface area (Å²) in [5.74, 6) is 0.258. The van der Waals surface area contributed by atoms with E-state index in [4.69, 9.17) is 0 Å². The molecular formula is C29H37N3O. The Morgan fingerprint density at radius 3 is 2.61 bits per heavy atom. The Morgan fingerprint density at radius 2 is 1.73 bits per heavy atom. The van der Waals surface area contributed by atoms with Crippen molar-refractivity contribution in [3.8, 4) is 0 Å². The molecule has 2 aromatic rings. The molecule has 33 heavy (non-hydrogen) atoms. The molecule has 1 amide bonds. The van der Waals surface area contributed by atoms with E-state index in [2.05, 4.69) is 57.6 Å². The maximum absolute atomic E-state index is 13.0. The smallest absolute Gasteiger partial charge is 0.235 e. The van der Waals surface area contributed by atoms with Gasteiger partial charge in [0.2, 0.25) is 5.91 Å². The predicted octanol–water partition coefficient (Wildman–Crippen LogP) is 4.91. The molecule has 4 heteroatoms. The Kier molecular flexibility index (Phi) is 5.75. The fourth-order valence-electron chi connectivity index (χ4n) is 7.12. The average Bonchev–Trinajstić information content (AvgIpc) is 3.15. The highest BCUT2D eigenvalue weighted by atomic mass is 16.2. The van der Waals surface area contributed by atoms with E-state index in [0.717, 1.165) is 50.4 Å². The molecule has 1 N–H and O–H groups in total. The Hall–Kier alpha value is -2.17. The van der Waals surface area contributed by atoms with Gasteiger partial charge in [-0.3, -0.25) is 9.69 Å². The number of unbranched alkanes of at least 4 members (excludes halogenated alkanes) is 1. The van der Waals surface area contributed by atoms with E-state index in [1.54, 1.807) is 5.56 Å². The van der Waals surface area contributed by atoms with Gasteiger partial charge in [-0.25, -0.2) is 0 Å². The van der Waals surface area contributed by atoms with Crippen LogP contribution in [0.3, 0.4) is 0 Å². The zero-order valence-corrected chi connectivity index (χ0v) is 19.8. The lowest BCUT2D eigenvalue weighted by molar-refractivity contribution is -0.121. The van der Waals surface area contributed by atoms with Gasteiger partial charge in [-0.05, 0) is 99.3 Å². The summed E-state index contributed by atoms with van der Waals surface area (Å²) in [6.45, 7) is 5.98. The largest absolute Gasteiger partial charge is 0.325 e. The van der Waals surface area contributed by atoms with Crippen LogP contribution in [-0.4, -0.2) is 47.9 Å². The summed E-state index contributed by atoms with van der Waals surface area (Å²) >= 11 is 0. The quantitative estimate of drug-likeness (QED) is 0.645. The van der Waals surface area contributed by atoms with Gasteiger partial charge in [0.15, 0.2) is 0 Å². The van der Waals surface area contributed by atoms with Crippen LogP contribution in [0, 0.1) is 0 Å². The molecule has 3 heterocycles. The van der Waals surface area contributed by atoms with Gasteiger partial charge in [-0.15, -0.1) is 0 Å². The van der Waals surface area contributed by atoms with Crippen molar-refractivity contribution in [3.63, 3.8) is 0 Å². The third-order valence-corrected chi connectivity index (χ3v) is 8.92. The van der Waals surface area contributed by atoms with Crippen LogP contribution in [0.4, 0.5) is 5.69 Å². The van der Waals surface area contributed by atoms with Crippen LogP contribution in [0.25, 0.3) is 0 Å². The van der Waals surface area contributed by atoms with E-state index in [9.17, 15) is 4.79 Å². The van der Waals surface area contributed by atoms with Gasteiger partial charge in [-0.1, -0.05) is 42.8 Å². The van der Waals surface area contributed by atoms with Crippen LogP contribution in [0.1, 0.15) is 67.2 Å². The maximum Gasteiger partial charge on any atom is 0.235 e. The number of benzene rings is 2. The van der Waals surface area contributed by atoms with Crippen molar-refractivity contribution >= 4 is 11.6 Å². The van der Waals surface area contributed by atoms with E-state index in [1.165, 1.54) is 68.6 Å². The first-order valence-corrected chi connectivity index (χ1v) is 13.2. The van der Waals surface area contributed by atoms with E-state index < -0.39 is 0 Å². The van der Waals surface area contributed by atoms with Gasteiger partial charge in [0.1, 0.15) is 0 Å². The highest BCUT2D eigenvalue weighted by Gasteiger charge is 2.48. The molecule has 1 atom stereocenters. The van der Waals surface area contributed by atoms with Gasteiger partial charge in [0.05, 0.1) is 5.41 Å². The topological polar surface area (TPSA) is 35.6 Å². The molecule has 1 fully saturated rings. The molecule has 1 aliphatic carbocycles. The van der Waals surface area contributed by atoms with E-state index in [1.807, 2.05) is 0 Å². The second-order valence-corrected chi connectivity index (χ2v) is 10.7. The van der Waals surface area contributed by atoms with Crippen molar-refractivity contribution in [2.45, 2.75) is 75.8 Å². The molecule has 4 aliphatic rings. The zero-order chi connectivity index (χ0) is 22.3. The summed E-state index contributed by atoms with van der Waals surface area (Å²) in [7, 11) is 0. The number of rotatable bonds is 6. The molecule has 0 bridgehead atoms. The number of nitrogens with zero attached hydrogens (tertiary/aromatic N) is 2. The fourth-order valence-corrected chi connectivity index (χ4v) is 7.12. The first kappa shape index (κ1) is 21.4. The van der Waals surface area contributed by atoms with Crippen molar-refractivity contribution < 1.29 is 4.79 Å². The molecule has 3 aliphatic heterocycles. The third kappa shape index (κ3) is 3.91. The number of carbonyl (C=O) groups is 1. The normalized spacial score (nSPS) is 25.5. The number of nitrogens with one attached hydrogen (secondary N) is 1. The fraction of sp³-hybridized carbons (Fsp3) is 0.552. The maximum atomic E-state index is 13.0. The van der Waals surface area contributed by atoms with Crippen LogP contribution in [-0.2, 0) is 29.6 Å². The van der Waals surface area contributed by atoms with Crippen molar-refractivity contribution in [3.05, 3.63) is 64.7 Å². The minimum atomic E-state index is -0.248. The van der Waals surface area contributed by atoms with Crippen LogP contribution < -0.4 is 5.32 Å². The number of fused-ring (bicyclic) bond motifs is 1. The third-order valence-electron chi connectivity index (χ3n) is 8.92. The monoisotopic (exact) mass is 443 g/mol. The van der Waals surface area contributed by atoms with Gasteiger partial charge >= 0.3 is 0 Å². The highest BCUT2D eigenvalue weighted by molar-refractivity contribution is 6.07. The molecule has 2 aromatic carbocycles. The lowest BCUT2D eigenvalue weighted by atomic mass is 9.68. The first-order valence-electron chi connectivity index (χ1n) is 13.2. The summed E-state index contributed by atoms with van der Waals surface area (Å²) in [5.41, 5.74) is 6.66. The van der Waals surface area contributed by atoms with Crippen LogP contribution in [0.15, 0.2) is 42.5 Å². The number of likely N-dealkylation sites (tertiary alicyclic amines) is 1. The van der Waals surface area contributed by atoms with E-state index in [0.29, 0.717) is 0 Å². The van der Waals surface area contributed by atoms with Gasteiger partial charge in [-0.2, -0.15) is 0 Å². The van der Waals surface area contributed by atoms with Crippen LogP contribution in [0.5, 0.6) is 0 Å². The number of anilines is 1. The molecule has 1 saturated heterocycles. The number of hydrogen-bond donors (Lipinski definition) is 1. The number of aryl methyl sites for hydroxylation is 1. The van der Waals surface area contributed by atoms with Gasteiger partial charge in [0.25, 0.3) is 0 Å². The minimum Gasteiger partial charge on any atom is -0.325 e. The van der Waals surface area contributed by atoms with Crippen LogP contribution in [0.2, 0.25) is 0 Å². The molecule has 1 unspecified atom stereocenters. The molecular weight excluding hydrogens is 406 g/mol. The molecule has 4 nitrogen and oxygen atoms in total. The van der Waals surface area contributed by atoms with E-state index >= 15 is 0 Å². The lowest BCUT2D eigenvalue weighted by Crippen LogP contribution is -2.46. The van der Waals surface area contributed by atoms with Crippen molar-refractivity contribution in [1.29, 1.82) is 0 Å². The van der Waals surface area contributed by atoms with Crippen molar-refractivity contribution in [2.24, 2.45) is 0 Å². The summed E-state index contributed by atoms with van der Waals surface area (Å²) in [6, 6.07) is 16.2. The molecule has 174 valence electrons. The standard InChI is InChI=1S/C29H37N3O/c33-28-29(16-6-10-23-9-5-11-26(30-28)27(23)29)15-3-4-17-31-18-13-25(14-19-31)32-20-12-22-7-1-2-8-24(22)21-32/h1-2,5,7-9,11,25H,3-4,6,10,12-21H2,(H,30,33). The molecule has 0 aromatic heterocycles.